The highest BCUT2D eigenvalue weighted by Gasteiger charge is 2.17. The van der Waals surface area contributed by atoms with Gasteiger partial charge in [-0.1, -0.05) is 38.2 Å². The molecule has 0 aromatic carbocycles. The number of ketones is 1. The lowest BCUT2D eigenvalue weighted by molar-refractivity contribution is -0.120. The Balaban J connectivity index is 1.95. The molecule has 1 fully saturated rings. The molecule has 15 heavy (non-hydrogen) atoms. The molecule has 0 aliphatic heterocycles. The Bertz CT molecular complexity index is 190. The van der Waals surface area contributed by atoms with E-state index in [4.69, 9.17) is 0 Å². The van der Waals surface area contributed by atoms with Crippen molar-refractivity contribution in [3.63, 3.8) is 0 Å². The second kappa shape index (κ2) is 7.67. The Morgan fingerprint density at radius 2 is 1.93 bits per heavy atom. The van der Waals surface area contributed by atoms with E-state index in [0.717, 1.165) is 31.6 Å². The lowest BCUT2D eigenvalue weighted by atomic mass is 9.98. The van der Waals surface area contributed by atoms with Crippen molar-refractivity contribution in [3.8, 4) is 0 Å². The molecule has 0 heterocycles. The van der Waals surface area contributed by atoms with Gasteiger partial charge < -0.3 is 0 Å². The van der Waals surface area contributed by atoms with Crippen molar-refractivity contribution in [1.82, 2.24) is 0 Å². The van der Waals surface area contributed by atoms with E-state index in [1.807, 2.05) is 6.08 Å². The Hall–Kier alpha value is -0.590. The van der Waals surface area contributed by atoms with E-state index in [1.54, 1.807) is 0 Å². The molecule has 0 spiro atoms. The molecular formula is C14H24O. The van der Waals surface area contributed by atoms with Crippen molar-refractivity contribution in [3.05, 3.63) is 12.7 Å². The van der Waals surface area contributed by atoms with Gasteiger partial charge in [0.1, 0.15) is 5.78 Å². The van der Waals surface area contributed by atoms with E-state index in [1.165, 1.54) is 38.5 Å². The van der Waals surface area contributed by atoms with Crippen LogP contribution in [0.4, 0.5) is 0 Å². The first-order valence-electron chi connectivity index (χ1n) is 6.45. The zero-order chi connectivity index (χ0) is 10.9. The minimum absolute atomic E-state index is 0.500. The smallest absolute Gasteiger partial charge is 0.133 e. The van der Waals surface area contributed by atoms with E-state index in [9.17, 15) is 4.79 Å². The Kier molecular flexibility index (Phi) is 6.38. The summed E-state index contributed by atoms with van der Waals surface area (Å²) in [5.74, 6) is 1.23. The van der Waals surface area contributed by atoms with Crippen LogP contribution in [0.5, 0.6) is 0 Å². The van der Waals surface area contributed by atoms with Crippen LogP contribution in [0.15, 0.2) is 12.7 Å². The van der Waals surface area contributed by atoms with Gasteiger partial charge >= 0.3 is 0 Å². The molecule has 1 aliphatic carbocycles. The summed E-state index contributed by atoms with van der Waals surface area (Å²) in [6, 6.07) is 0. The van der Waals surface area contributed by atoms with Crippen LogP contribution in [0.1, 0.15) is 64.2 Å². The molecule has 0 aromatic rings. The molecule has 1 rings (SSSR count). The van der Waals surface area contributed by atoms with Crippen molar-refractivity contribution >= 4 is 5.78 Å². The van der Waals surface area contributed by atoms with Gasteiger partial charge in [0, 0.05) is 12.8 Å². The number of unbranched alkanes of at least 4 members (excludes halogenated alkanes) is 3. The lowest BCUT2D eigenvalue weighted by Crippen LogP contribution is -2.04. The minimum Gasteiger partial charge on any atom is -0.300 e. The van der Waals surface area contributed by atoms with Gasteiger partial charge in [0.25, 0.3) is 0 Å². The van der Waals surface area contributed by atoms with E-state index < -0.39 is 0 Å². The summed E-state index contributed by atoms with van der Waals surface area (Å²) >= 11 is 0. The second-order valence-electron chi connectivity index (χ2n) is 4.78. The van der Waals surface area contributed by atoms with Crippen LogP contribution in [-0.4, -0.2) is 5.78 Å². The van der Waals surface area contributed by atoms with Gasteiger partial charge in [-0.05, 0) is 25.2 Å². The molecule has 1 aliphatic rings. The molecule has 0 N–H and O–H groups in total. The lowest BCUT2D eigenvalue weighted by Gasteiger charge is -2.07. The van der Waals surface area contributed by atoms with Gasteiger partial charge in [0.05, 0.1) is 0 Å². The summed E-state index contributed by atoms with van der Waals surface area (Å²) in [4.78, 5) is 11.6. The molecule has 0 atom stereocenters. The topological polar surface area (TPSA) is 17.1 Å². The molecule has 0 saturated heterocycles. The highest BCUT2D eigenvalue weighted by Crippen LogP contribution is 2.28. The van der Waals surface area contributed by atoms with Crippen LogP contribution in [0, 0.1) is 5.92 Å². The largest absolute Gasteiger partial charge is 0.300 e. The molecular weight excluding hydrogens is 184 g/mol. The first-order chi connectivity index (χ1) is 7.33. The number of Topliss-reactive ketones (excluding diaryl/α,β-unsaturated/α-hetero) is 1. The third-order valence-electron chi connectivity index (χ3n) is 3.35. The van der Waals surface area contributed by atoms with Crippen molar-refractivity contribution < 1.29 is 4.79 Å². The molecule has 86 valence electrons. The summed E-state index contributed by atoms with van der Waals surface area (Å²) in [6.45, 7) is 3.69. The van der Waals surface area contributed by atoms with E-state index in [2.05, 4.69) is 6.58 Å². The monoisotopic (exact) mass is 208 g/mol. The van der Waals surface area contributed by atoms with Crippen molar-refractivity contribution in [1.29, 1.82) is 0 Å². The fourth-order valence-corrected chi connectivity index (χ4v) is 2.43. The van der Waals surface area contributed by atoms with Crippen LogP contribution < -0.4 is 0 Å². The van der Waals surface area contributed by atoms with E-state index >= 15 is 0 Å². The van der Waals surface area contributed by atoms with Crippen LogP contribution in [0.25, 0.3) is 0 Å². The number of hydrogen-bond acceptors (Lipinski definition) is 1. The number of carbonyl (C=O) groups excluding carboxylic acids is 1. The number of allylic oxidation sites excluding steroid dienone is 1. The average molecular weight is 208 g/mol. The maximum absolute atomic E-state index is 11.6. The quantitative estimate of drug-likeness (QED) is 0.430. The van der Waals surface area contributed by atoms with Crippen molar-refractivity contribution in [2.45, 2.75) is 64.2 Å². The van der Waals surface area contributed by atoms with E-state index in [-0.39, 0.29) is 0 Å². The highest BCUT2D eigenvalue weighted by molar-refractivity contribution is 5.78. The zero-order valence-corrected chi connectivity index (χ0v) is 9.84. The Labute approximate surface area is 93.9 Å². The normalized spacial score (nSPS) is 16.8. The summed E-state index contributed by atoms with van der Waals surface area (Å²) in [5.41, 5.74) is 0. The third-order valence-corrected chi connectivity index (χ3v) is 3.35. The summed E-state index contributed by atoms with van der Waals surface area (Å²) in [7, 11) is 0. The molecule has 0 amide bonds. The van der Waals surface area contributed by atoms with Gasteiger partial charge in [-0.3, -0.25) is 4.79 Å². The predicted molar refractivity (Wildman–Crippen MR) is 64.9 cm³/mol. The van der Waals surface area contributed by atoms with Crippen LogP contribution in [0.2, 0.25) is 0 Å². The molecule has 1 heteroatoms. The van der Waals surface area contributed by atoms with Gasteiger partial charge in [-0.15, -0.1) is 6.58 Å². The maximum atomic E-state index is 11.6. The van der Waals surface area contributed by atoms with E-state index in [0.29, 0.717) is 5.78 Å². The Morgan fingerprint density at radius 1 is 1.20 bits per heavy atom. The molecule has 0 bridgehead atoms. The molecule has 0 radical (unpaired) electrons. The first kappa shape index (κ1) is 12.5. The summed E-state index contributed by atoms with van der Waals surface area (Å²) in [5, 5.41) is 0. The SMILES string of the molecule is C=CCCCCCC(=O)CC1CCCC1. The van der Waals surface area contributed by atoms with Crippen LogP contribution in [-0.2, 0) is 4.79 Å². The molecule has 0 aromatic heterocycles. The zero-order valence-electron chi connectivity index (χ0n) is 9.84. The fourth-order valence-electron chi connectivity index (χ4n) is 2.43. The number of carbonyl (C=O) groups is 1. The highest BCUT2D eigenvalue weighted by atomic mass is 16.1. The number of hydrogen-bond donors (Lipinski definition) is 0. The van der Waals surface area contributed by atoms with Gasteiger partial charge in [-0.25, -0.2) is 0 Å². The van der Waals surface area contributed by atoms with Gasteiger partial charge in [0.15, 0.2) is 0 Å². The van der Waals surface area contributed by atoms with Gasteiger partial charge in [0.2, 0.25) is 0 Å². The second-order valence-corrected chi connectivity index (χ2v) is 4.78. The summed E-state index contributed by atoms with van der Waals surface area (Å²) in [6.07, 6.45) is 13.5. The van der Waals surface area contributed by atoms with Crippen LogP contribution >= 0.6 is 0 Å². The summed E-state index contributed by atoms with van der Waals surface area (Å²) < 4.78 is 0. The van der Waals surface area contributed by atoms with Crippen molar-refractivity contribution in [2.75, 3.05) is 0 Å². The third kappa shape index (κ3) is 5.76. The fraction of sp³-hybridized carbons (Fsp3) is 0.786. The predicted octanol–water partition coefficient (Wildman–Crippen LogP) is 4.27. The van der Waals surface area contributed by atoms with Crippen molar-refractivity contribution in [2.24, 2.45) is 5.92 Å². The maximum Gasteiger partial charge on any atom is 0.133 e. The Morgan fingerprint density at radius 3 is 2.60 bits per heavy atom. The van der Waals surface area contributed by atoms with Crippen LogP contribution in [0.3, 0.4) is 0 Å². The minimum atomic E-state index is 0.500. The number of rotatable bonds is 8. The molecule has 0 unspecified atom stereocenters. The first-order valence-corrected chi connectivity index (χ1v) is 6.45. The standard InChI is InChI=1S/C14H24O/c1-2-3-4-5-6-11-14(15)12-13-9-7-8-10-13/h2,13H,1,3-12H2. The van der Waals surface area contributed by atoms with Gasteiger partial charge in [-0.2, -0.15) is 0 Å². The molecule has 1 saturated carbocycles. The average Bonchev–Trinajstić information content (AvgIpc) is 2.70. The molecule has 1 nitrogen and oxygen atoms in total.